The molecular weight excluding hydrogens is 229 g/mol. The monoisotopic (exact) mass is 247 g/mol. The molecule has 0 aliphatic heterocycles. The maximum Gasteiger partial charge on any atom is 0.123 e. The van der Waals surface area contributed by atoms with Gasteiger partial charge in [-0.1, -0.05) is 13.3 Å². The summed E-state index contributed by atoms with van der Waals surface area (Å²) in [6.45, 7) is 2.17. The maximum absolute atomic E-state index is 12.8. The summed E-state index contributed by atoms with van der Waals surface area (Å²) in [6, 6.07) is 8.35. The van der Waals surface area contributed by atoms with Crippen molar-refractivity contribution in [2.45, 2.75) is 38.7 Å². The molecule has 1 aliphatic rings. The Morgan fingerprint density at radius 3 is 2.67 bits per heavy atom. The van der Waals surface area contributed by atoms with Crippen LogP contribution in [0.15, 0.2) is 24.3 Å². The summed E-state index contributed by atoms with van der Waals surface area (Å²) < 4.78 is 18.7. The molecule has 3 heteroatoms. The van der Waals surface area contributed by atoms with Gasteiger partial charge in [-0.15, -0.1) is 0 Å². The van der Waals surface area contributed by atoms with E-state index in [9.17, 15) is 4.39 Å². The molecule has 0 aromatic heterocycles. The summed E-state index contributed by atoms with van der Waals surface area (Å²) >= 11 is 0. The molecule has 0 amide bonds. The van der Waals surface area contributed by atoms with Crippen molar-refractivity contribution in [1.82, 2.24) is 0 Å². The van der Waals surface area contributed by atoms with Crippen LogP contribution in [0.5, 0.6) is 5.75 Å². The molecule has 1 saturated carbocycles. The number of nitrogens with zero attached hydrogens (tertiary/aromatic N) is 1. The first-order valence-corrected chi connectivity index (χ1v) is 6.54. The fourth-order valence-corrected chi connectivity index (χ4v) is 2.55. The van der Waals surface area contributed by atoms with Crippen molar-refractivity contribution in [3.63, 3.8) is 0 Å². The quantitative estimate of drug-likeness (QED) is 0.811. The van der Waals surface area contributed by atoms with E-state index >= 15 is 0 Å². The number of halogens is 1. The van der Waals surface area contributed by atoms with Crippen molar-refractivity contribution in [1.29, 1.82) is 5.26 Å². The smallest absolute Gasteiger partial charge is 0.123 e. The summed E-state index contributed by atoms with van der Waals surface area (Å²) in [5, 5.41) is 9.15. The Hall–Kier alpha value is -1.56. The molecule has 18 heavy (non-hydrogen) atoms. The maximum atomic E-state index is 12.8. The average molecular weight is 247 g/mol. The zero-order valence-electron chi connectivity index (χ0n) is 10.6. The lowest BCUT2D eigenvalue weighted by atomic mass is 9.79. The van der Waals surface area contributed by atoms with Gasteiger partial charge in [0.2, 0.25) is 0 Å². The van der Waals surface area contributed by atoms with Crippen LogP contribution < -0.4 is 4.74 Å². The Balaban J connectivity index is 2.05. The van der Waals surface area contributed by atoms with E-state index in [0.717, 1.165) is 25.7 Å². The highest BCUT2D eigenvalue weighted by molar-refractivity contribution is 5.22. The molecular formula is C15H18FNO. The van der Waals surface area contributed by atoms with E-state index in [0.29, 0.717) is 11.7 Å². The van der Waals surface area contributed by atoms with E-state index in [2.05, 4.69) is 13.0 Å². The molecule has 0 saturated heterocycles. The fraction of sp³-hybridized carbons (Fsp3) is 0.533. The second-order valence-electron chi connectivity index (χ2n) is 4.93. The van der Waals surface area contributed by atoms with Gasteiger partial charge in [0.1, 0.15) is 17.7 Å². The number of rotatable bonds is 3. The van der Waals surface area contributed by atoms with Gasteiger partial charge in [0.15, 0.2) is 0 Å². The molecule has 2 nitrogen and oxygen atoms in total. The van der Waals surface area contributed by atoms with Crippen molar-refractivity contribution in [3.05, 3.63) is 30.1 Å². The number of hydrogen-bond acceptors (Lipinski definition) is 2. The van der Waals surface area contributed by atoms with Crippen molar-refractivity contribution in [2.24, 2.45) is 11.8 Å². The largest absolute Gasteiger partial charge is 0.489 e. The molecule has 1 aliphatic carbocycles. The van der Waals surface area contributed by atoms with Crippen molar-refractivity contribution < 1.29 is 9.13 Å². The Morgan fingerprint density at radius 2 is 2.06 bits per heavy atom. The predicted octanol–water partition coefficient (Wildman–Crippen LogP) is 3.92. The van der Waals surface area contributed by atoms with E-state index in [1.807, 2.05) is 0 Å². The fourth-order valence-electron chi connectivity index (χ4n) is 2.55. The molecule has 1 aromatic rings. The van der Waals surface area contributed by atoms with Crippen molar-refractivity contribution in [3.8, 4) is 11.8 Å². The molecule has 3 unspecified atom stereocenters. The predicted molar refractivity (Wildman–Crippen MR) is 67.6 cm³/mol. The second kappa shape index (κ2) is 5.86. The van der Waals surface area contributed by atoms with Crippen molar-refractivity contribution >= 4 is 0 Å². The molecule has 0 spiro atoms. The third kappa shape index (κ3) is 3.01. The summed E-state index contributed by atoms with van der Waals surface area (Å²) in [5.74, 6) is 0.977. The van der Waals surface area contributed by atoms with E-state index in [1.54, 1.807) is 12.1 Å². The molecule has 0 N–H and O–H groups in total. The highest BCUT2D eigenvalue weighted by Gasteiger charge is 2.31. The Labute approximate surface area is 107 Å². The van der Waals surface area contributed by atoms with Gasteiger partial charge in [0.05, 0.1) is 12.0 Å². The Kier molecular flexibility index (Phi) is 4.19. The topological polar surface area (TPSA) is 33.0 Å². The normalized spacial score (nSPS) is 27.5. The number of hydrogen-bond donors (Lipinski definition) is 0. The highest BCUT2D eigenvalue weighted by atomic mass is 19.1. The van der Waals surface area contributed by atoms with Gasteiger partial charge in [0.25, 0.3) is 0 Å². The van der Waals surface area contributed by atoms with Crippen LogP contribution >= 0.6 is 0 Å². The van der Waals surface area contributed by atoms with Crippen LogP contribution in [0, 0.1) is 29.0 Å². The van der Waals surface area contributed by atoms with Gasteiger partial charge in [0, 0.05) is 0 Å². The summed E-state index contributed by atoms with van der Waals surface area (Å²) in [5.41, 5.74) is 0. The molecule has 2 rings (SSSR count). The minimum Gasteiger partial charge on any atom is -0.489 e. The van der Waals surface area contributed by atoms with E-state index in [4.69, 9.17) is 10.00 Å². The van der Waals surface area contributed by atoms with E-state index in [-0.39, 0.29) is 17.8 Å². The molecule has 96 valence electrons. The van der Waals surface area contributed by atoms with Crippen LogP contribution in [0.25, 0.3) is 0 Å². The van der Waals surface area contributed by atoms with Crippen LogP contribution in [0.4, 0.5) is 4.39 Å². The minimum absolute atomic E-state index is 0.0437. The SMILES string of the molecule is CCC1CCC(C#N)C(Oc2ccc(F)cc2)C1. The third-order valence-electron chi connectivity index (χ3n) is 3.74. The lowest BCUT2D eigenvalue weighted by molar-refractivity contribution is 0.0892. The zero-order chi connectivity index (χ0) is 13.0. The lowest BCUT2D eigenvalue weighted by Crippen LogP contribution is -2.33. The van der Waals surface area contributed by atoms with Crippen LogP contribution in [0.3, 0.4) is 0 Å². The number of ether oxygens (including phenoxy) is 1. The summed E-state index contributed by atoms with van der Waals surface area (Å²) in [6.07, 6.45) is 4.01. The molecule has 1 fully saturated rings. The first-order valence-electron chi connectivity index (χ1n) is 6.54. The van der Waals surface area contributed by atoms with Gasteiger partial charge >= 0.3 is 0 Å². The number of benzene rings is 1. The first kappa shape index (κ1) is 12.9. The number of nitriles is 1. The first-order chi connectivity index (χ1) is 8.72. The third-order valence-corrected chi connectivity index (χ3v) is 3.74. The van der Waals surface area contributed by atoms with Gasteiger partial charge < -0.3 is 4.74 Å². The van der Waals surface area contributed by atoms with Gasteiger partial charge in [-0.3, -0.25) is 0 Å². The molecule has 0 heterocycles. The van der Waals surface area contributed by atoms with E-state index in [1.165, 1.54) is 12.1 Å². The lowest BCUT2D eigenvalue weighted by Gasteiger charge is -2.32. The van der Waals surface area contributed by atoms with Gasteiger partial charge in [-0.25, -0.2) is 4.39 Å². The van der Waals surface area contributed by atoms with Crippen LogP contribution in [0.1, 0.15) is 32.6 Å². The minimum atomic E-state index is -0.269. The average Bonchev–Trinajstić information content (AvgIpc) is 2.41. The molecule has 0 radical (unpaired) electrons. The Morgan fingerprint density at radius 1 is 1.33 bits per heavy atom. The summed E-state index contributed by atoms with van der Waals surface area (Å²) in [4.78, 5) is 0. The van der Waals surface area contributed by atoms with Gasteiger partial charge in [-0.2, -0.15) is 5.26 Å². The summed E-state index contributed by atoms with van der Waals surface area (Å²) in [7, 11) is 0. The van der Waals surface area contributed by atoms with Crippen LogP contribution in [-0.2, 0) is 0 Å². The highest BCUT2D eigenvalue weighted by Crippen LogP contribution is 2.33. The van der Waals surface area contributed by atoms with Gasteiger partial charge in [-0.05, 0) is 49.4 Å². The van der Waals surface area contributed by atoms with Crippen LogP contribution in [-0.4, -0.2) is 6.10 Å². The zero-order valence-corrected chi connectivity index (χ0v) is 10.6. The van der Waals surface area contributed by atoms with Crippen molar-refractivity contribution in [2.75, 3.05) is 0 Å². The van der Waals surface area contributed by atoms with Crippen LogP contribution in [0.2, 0.25) is 0 Å². The molecule has 0 bridgehead atoms. The second-order valence-corrected chi connectivity index (χ2v) is 4.93. The van der Waals surface area contributed by atoms with E-state index < -0.39 is 0 Å². The molecule has 3 atom stereocenters. The molecule has 1 aromatic carbocycles. The standard InChI is InChI=1S/C15H18FNO/c1-2-11-3-4-12(10-17)15(9-11)18-14-7-5-13(16)6-8-14/h5-8,11-12,15H,2-4,9H2,1H3. The Bertz CT molecular complexity index is 423.